The maximum atomic E-state index is 13.6. The van der Waals surface area contributed by atoms with Gasteiger partial charge in [0.05, 0.1) is 35.3 Å². The number of carbonyl (C=O) groups excluding carboxylic acids is 1. The average molecular weight is 633 g/mol. The number of amides is 1. The number of rotatable bonds is 7. The van der Waals surface area contributed by atoms with Crippen LogP contribution in [0.3, 0.4) is 0 Å². The highest BCUT2D eigenvalue weighted by Gasteiger charge is 2.25. The van der Waals surface area contributed by atoms with Crippen molar-refractivity contribution >= 4 is 56.2 Å². The molecule has 1 saturated heterocycles. The summed E-state index contributed by atoms with van der Waals surface area (Å²) in [5.74, 6) is 0.0959. The zero-order valence-electron chi connectivity index (χ0n) is 21.6. The number of fused-ring (bicyclic) bond motifs is 1. The number of benzene rings is 2. The maximum Gasteiger partial charge on any atom is 0.313 e. The molecule has 1 aliphatic heterocycles. The van der Waals surface area contributed by atoms with Crippen molar-refractivity contribution in [3.05, 3.63) is 71.7 Å². The lowest BCUT2D eigenvalue weighted by atomic mass is 9.88. The summed E-state index contributed by atoms with van der Waals surface area (Å²) in [6.07, 6.45) is 6.24. The third kappa shape index (κ3) is 6.18. The summed E-state index contributed by atoms with van der Waals surface area (Å²) >= 11 is 9.63. The SMILES string of the molecule is O=C(COc1c(C=Nn2c(C3CCCCC3)nc3ccc(Br)cc3c2=O)cc(Cl)cc1[N+](=O)[O-])N1CCOCC1. The molecule has 40 heavy (non-hydrogen) atoms. The first-order valence-corrected chi connectivity index (χ1v) is 14.2. The number of aromatic nitrogens is 2. The van der Waals surface area contributed by atoms with Crippen LogP contribution in [0.1, 0.15) is 49.4 Å². The highest BCUT2D eigenvalue weighted by atomic mass is 79.9. The van der Waals surface area contributed by atoms with Crippen LogP contribution < -0.4 is 10.3 Å². The van der Waals surface area contributed by atoms with Crippen LogP contribution in [0.5, 0.6) is 5.75 Å². The minimum Gasteiger partial charge on any atom is -0.476 e. The van der Waals surface area contributed by atoms with Gasteiger partial charge < -0.3 is 14.4 Å². The molecule has 1 amide bonds. The molecule has 1 saturated carbocycles. The van der Waals surface area contributed by atoms with E-state index >= 15 is 0 Å². The number of halogens is 2. The lowest BCUT2D eigenvalue weighted by Gasteiger charge is -2.26. The Morgan fingerprint density at radius 1 is 1.23 bits per heavy atom. The molecule has 0 unspecified atom stereocenters. The summed E-state index contributed by atoms with van der Waals surface area (Å²) in [7, 11) is 0. The summed E-state index contributed by atoms with van der Waals surface area (Å²) in [4.78, 5) is 44.0. The number of nitro benzene ring substituents is 1. The lowest BCUT2D eigenvalue weighted by molar-refractivity contribution is -0.385. The molecule has 13 heteroatoms. The van der Waals surface area contributed by atoms with E-state index in [1.54, 1.807) is 17.0 Å². The predicted octanol–water partition coefficient (Wildman–Crippen LogP) is 4.89. The van der Waals surface area contributed by atoms with E-state index in [1.807, 2.05) is 6.07 Å². The number of hydrogen-bond acceptors (Lipinski definition) is 8. The van der Waals surface area contributed by atoms with Crippen molar-refractivity contribution in [2.75, 3.05) is 32.9 Å². The molecule has 0 radical (unpaired) electrons. The molecule has 11 nitrogen and oxygen atoms in total. The van der Waals surface area contributed by atoms with E-state index in [0.717, 1.165) is 42.6 Å². The lowest BCUT2D eigenvalue weighted by Crippen LogP contribution is -2.43. The Balaban J connectivity index is 1.56. The second kappa shape index (κ2) is 12.4. The van der Waals surface area contributed by atoms with Crippen LogP contribution in [0.15, 0.2) is 44.7 Å². The number of carbonyl (C=O) groups is 1. The van der Waals surface area contributed by atoms with Gasteiger partial charge in [-0.3, -0.25) is 19.7 Å². The Labute approximate surface area is 243 Å². The molecule has 210 valence electrons. The molecular weight excluding hydrogens is 606 g/mol. The van der Waals surface area contributed by atoms with E-state index in [0.29, 0.717) is 43.0 Å². The van der Waals surface area contributed by atoms with Gasteiger partial charge in [0.25, 0.3) is 11.5 Å². The van der Waals surface area contributed by atoms with E-state index in [9.17, 15) is 19.7 Å². The van der Waals surface area contributed by atoms with Gasteiger partial charge in [0, 0.05) is 40.1 Å². The van der Waals surface area contributed by atoms with E-state index in [2.05, 4.69) is 21.0 Å². The van der Waals surface area contributed by atoms with E-state index in [-0.39, 0.29) is 33.7 Å². The molecule has 1 aromatic heterocycles. The molecular formula is C27H27BrClN5O6. The van der Waals surface area contributed by atoms with E-state index < -0.39 is 17.2 Å². The number of hydrogen-bond donors (Lipinski definition) is 0. The van der Waals surface area contributed by atoms with Crippen molar-refractivity contribution < 1.29 is 19.2 Å². The Morgan fingerprint density at radius 3 is 2.70 bits per heavy atom. The number of nitro groups is 1. The second-order valence-corrected chi connectivity index (χ2v) is 11.1. The van der Waals surface area contributed by atoms with Gasteiger partial charge in [-0.05, 0) is 37.1 Å². The molecule has 0 N–H and O–H groups in total. The first kappa shape index (κ1) is 28.2. The quantitative estimate of drug-likeness (QED) is 0.206. The summed E-state index contributed by atoms with van der Waals surface area (Å²) in [6.45, 7) is 1.24. The fourth-order valence-corrected chi connectivity index (χ4v) is 5.63. The normalized spacial score (nSPS) is 16.5. The zero-order chi connectivity index (χ0) is 28.2. The van der Waals surface area contributed by atoms with Crippen molar-refractivity contribution in [3.8, 4) is 5.75 Å². The van der Waals surface area contributed by atoms with E-state index in [4.69, 9.17) is 26.1 Å². The highest BCUT2D eigenvalue weighted by Crippen LogP contribution is 2.35. The fourth-order valence-electron chi connectivity index (χ4n) is 5.05. The predicted molar refractivity (Wildman–Crippen MR) is 154 cm³/mol. The smallest absolute Gasteiger partial charge is 0.313 e. The minimum atomic E-state index is -0.632. The Kier molecular flexibility index (Phi) is 8.77. The second-order valence-electron chi connectivity index (χ2n) is 9.71. The largest absolute Gasteiger partial charge is 0.476 e. The van der Waals surface area contributed by atoms with Crippen LogP contribution in [0.4, 0.5) is 5.69 Å². The zero-order valence-corrected chi connectivity index (χ0v) is 23.9. The van der Waals surface area contributed by atoms with Crippen molar-refractivity contribution in [2.24, 2.45) is 5.10 Å². The maximum absolute atomic E-state index is 13.6. The third-order valence-corrected chi connectivity index (χ3v) is 7.79. The molecule has 2 heterocycles. The fraction of sp³-hybridized carbons (Fsp3) is 0.407. The summed E-state index contributed by atoms with van der Waals surface area (Å²) in [5.41, 5.74) is -0.0390. The molecule has 2 aromatic carbocycles. The van der Waals surface area contributed by atoms with Crippen LogP contribution in [-0.2, 0) is 9.53 Å². The summed E-state index contributed by atoms with van der Waals surface area (Å²) in [6, 6.07) is 7.92. The minimum absolute atomic E-state index is 0.0437. The number of nitrogens with zero attached hydrogens (tertiary/aromatic N) is 5. The molecule has 3 aromatic rings. The van der Waals surface area contributed by atoms with Gasteiger partial charge in [-0.1, -0.05) is 46.8 Å². The van der Waals surface area contributed by atoms with Gasteiger partial charge in [0.1, 0.15) is 5.82 Å². The molecule has 1 aliphatic carbocycles. The van der Waals surface area contributed by atoms with Crippen molar-refractivity contribution in [2.45, 2.75) is 38.0 Å². The molecule has 2 fully saturated rings. The monoisotopic (exact) mass is 631 g/mol. The van der Waals surface area contributed by atoms with Crippen molar-refractivity contribution in [1.82, 2.24) is 14.6 Å². The van der Waals surface area contributed by atoms with Crippen LogP contribution in [0.25, 0.3) is 10.9 Å². The Hall–Kier alpha value is -3.35. The number of ether oxygens (including phenoxy) is 2. The number of morpholine rings is 1. The Bertz CT molecular complexity index is 1530. The van der Waals surface area contributed by atoms with Gasteiger partial charge in [-0.25, -0.2) is 4.98 Å². The van der Waals surface area contributed by atoms with Gasteiger partial charge in [-0.2, -0.15) is 9.78 Å². The van der Waals surface area contributed by atoms with Gasteiger partial charge >= 0.3 is 5.69 Å². The van der Waals surface area contributed by atoms with Gasteiger partial charge in [0.15, 0.2) is 6.61 Å². The van der Waals surface area contributed by atoms with Gasteiger partial charge in [0.2, 0.25) is 5.75 Å². The Morgan fingerprint density at radius 2 is 1.98 bits per heavy atom. The van der Waals surface area contributed by atoms with Crippen LogP contribution in [-0.4, -0.2) is 64.5 Å². The van der Waals surface area contributed by atoms with Crippen LogP contribution >= 0.6 is 27.5 Å². The average Bonchev–Trinajstić information content (AvgIpc) is 2.96. The molecule has 0 spiro atoms. The molecule has 2 aliphatic rings. The van der Waals surface area contributed by atoms with Crippen molar-refractivity contribution in [1.29, 1.82) is 0 Å². The highest BCUT2D eigenvalue weighted by molar-refractivity contribution is 9.10. The first-order valence-electron chi connectivity index (χ1n) is 13.0. The first-order chi connectivity index (χ1) is 19.3. The molecule has 0 atom stereocenters. The summed E-state index contributed by atoms with van der Waals surface area (Å²) in [5, 5.41) is 16.8. The summed E-state index contributed by atoms with van der Waals surface area (Å²) < 4.78 is 13.0. The molecule has 0 bridgehead atoms. The third-order valence-electron chi connectivity index (χ3n) is 7.08. The van der Waals surface area contributed by atoms with Crippen LogP contribution in [0.2, 0.25) is 5.02 Å². The van der Waals surface area contributed by atoms with Crippen molar-refractivity contribution in [3.63, 3.8) is 0 Å². The standard InChI is InChI=1S/C27H27BrClN5O6/c28-19-6-7-22-21(13-19)27(36)33(26(31-22)17-4-2-1-3-5-17)30-15-18-12-20(29)14-23(34(37)38)25(18)40-16-24(35)32-8-10-39-11-9-32/h6-7,12-15,17H,1-5,8-11,16H2. The van der Waals surface area contributed by atoms with Crippen LogP contribution in [0, 0.1) is 10.1 Å². The van der Waals surface area contributed by atoms with E-state index in [1.165, 1.54) is 17.0 Å². The van der Waals surface area contributed by atoms with Gasteiger partial charge in [-0.15, -0.1) is 0 Å². The molecule has 5 rings (SSSR count). The topological polar surface area (TPSA) is 129 Å².